The lowest BCUT2D eigenvalue weighted by atomic mass is 9.89. The zero-order valence-corrected chi connectivity index (χ0v) is 11.1. The largest absolute Gasteiger partial charge is 0.370 e. The topological polar surface area (TPSA) is 59.0 Å². The molecule has 1 saturated carbocycles. The molecule has 19 heavy (non-hydrogen) atoms. The van der Waals surface area contributed by atoms with Gasteiger partial charge in [0.1, 0.15) is 5.54 Å². The molecule has 2 aliphatic carbocycles. The molecule has 1 fully saturated rings. The fraction of sp³-hybridized carbons (Fsp3) is 0.562. The number of aryl methyl sites for hydroxylation is 1. The molecule has 0 heterocycles. The number of rotatable bonds is 4. The molecule has 1 aromatic carbocycles. The fourth-order valence-electron chi connectivity index (χ4n) is 2.96. The van der Waals surface area contributed by atoms with E-state index in [0.29, 0.717) is 12.5 Å². The van der Waals surface area contributed by atoms with E-state index in [2.05, 4.69) is 30.3 Å². The van der Waals surface area contributed by atoms with Crippen molar-refractivity contribution in [1.29, 1.82) is 5.26 Å². The second kappa shape index (κ2) is 4.96. The second-order valence-corrected chi connectivity index (χ2v) is 5.82. The number of benzene rings is 1. The zero-order valence-electron chi connectivity index (χ0n) is 11.1. The Balaban J connectivity index is 1.70. The lowest BCUT2D eigenvalue weighted by Crippen LogP contribution is -2.45. The van der Waals surface area contributed by atoms with Crippen LogP contribution in [-0.4, -0.2) is 12.1 Å². The maximum atomic E-state index is 9.27. The summed E-state index contributed by atoms with van der Waals surface area (Å²) < 4.78 is 6.02. The second-order valence-electron chi connectivity index (χ2n) is 5.82. The SMILES string of the molecule is N#CC(N)(COC1CCCc2ccccc21)C1CC1. The maximum Gasteiger partial charge on any atom is 0.130 e. The van der Waals surface area contributed by atoms with E-state index in [1.165, 1.54) is 11.1 Å². The van der Waals surface area contributed by atoms with Gasteiger partial charge in [-0.05, 0) is 49.1 Å². The summed E-state index contributed by atoms with van der Waals surface area (Å²) in [6.07, 6.45) is 5.55. The molecule has 0 bridgehead atoms. The van der Waals surface area contributed by atoms with E-state index >= 15 is 0 Å². The predicted molar refractivity (Wildman–Crippen MR) is 73.3 cm³/mol. The van der Waals surface area contributed by atoms with E-state index in [4.69, 9.17) is 10.5 Å². The monoisotopic (exact) mass is 256 g/mol. The summed E-state index contributed by atoms with van der Waals surface area (Å²) in [5.41, 5.74) is 8.03. The van der Waals surface area contributed by atoms with Crippen LogP contribution in [0.3, 0.4) is 0 Å². The van der Waals surface area contributed by atoms with E-state index in [9.17, 15) is 5.26 Å². The summed E-state index contributed by atoms with van der Waals surface area (Å²) in [5, 5.41) is 9.27. The third kappa shape index (κ3) is 2.51. The van der Waals surface area contributed by atoms with Crippen molar-refractivity contribution in [3.05, 3.63) is 35.4 Å². The summed E-state index contributed by atoms with van der Waals surface area (Å²) in [7, 11) is 0. The minimum absolute atomic E-state index is 0.111. The molecule has 2 N–H and O–H groups in total. The molecule has 0 saturated heterocycles. The van der Waals surface area contributed by atoms with Gasteiger partial charge in [-0.3, -0.25) is 0 Å². The third-order valence-corrected chi connectivity index (χ3v) is 4.35. The summed E-state index contributed by atoms with van der Waals surface area (Å²) in [4.78, 5) is 0. The van der Waals surface area contributed by atoms with Gasteiger partial charge >= 0.3 is 0 Å². The van der Waals surface area contributed by atoms with E-state index in [0.717, 1.165) is 32.1 Å². The van der Waals surface area contributed by atoms with E-state index < -0.39 is 5.54 Å². The van der Waals surface area contributed by atoms with Crippen molar-refractivity contribution in [2.75, 3.05) is 6.61 Å². The van der Waals surface area contributed by atoms with Crippen molar-refractivity contribution in [2.24, 2.45) is 11.7 Å². The van der Waals surface area contributed by atoms with Gasteiger partial charge in [-0.15, -0.1) is 0 Å². The minimum Gasteiger partial charge on any atom is -0.370 e. The van der Waals surface area contributed by atoms with Crippen LogP contribution in [0.1, 0.15) is 42.9 Å². The van der Waals surface area contributed by atoms with E-state index in [1.54, 1.807) is 0 Å². The Morgan fingerprint density at radius 3 is 2.84 bits per heavy atom. The molecule has 0 aromatic heterocycles. The molecular weight excluding hydrogens is 236 g/mol. The van der Waals surface area contributed by atoms with Crippen LogP contribution in [0, 0.1) is 17.2 Å². The van der Waals surface area contributed by atoms with E-state index in [-0.39, 0.29) is 6.10 Å². The predicted octanol–water partition coefficient (Wildman–Crippen LogP) is 2.71. The molecule has 0 radical (unpaired) electrons. The minimum atomic E-state index is -0.785. The van der Waals surface area contributed by atoms with Crippen molar-refractivity contribution < 1.29 is 4.74 Å². The average molecular weight is 256 g/mol. The number of hydrogen-bond acceptors (Lipinski definition) is 3. The summed E-state index contributed by atoms with van der Waals surface area (Å²) in [5.74, 6) is 0.330. The fourth-order valence-corrected chi connectivity index (χ4v) is 2.96. The average Bonchev–Trinajstić information content (AvgIpc) is 3.30. The van der Waals surface area contributed by atoms with Gasteiger partial charge in [-0.2, -0.15) is 5.26 Å². The van der Waals surface area contributed by atoms with E-state index in [1.807, 2.05) is 0 Å². The van der Waals surface area contributed by atoms with Crippen LogP contribution in [0.15, 0.2) is 24.3 Å². The maximum absolute atomic E-state index is 9.27. The van der Waals surface area contributed by atoms with Gasteiger partial charge in [-0.25, -0.2) is 0 Å². The molecule has 100 valence electrons. The van der Waals surface area contributed by atoms with Gasteiger partial charge in [0.25, 0.3) is 0 Å². The Morgan fingerprint density at radius 2 is 2.11 bits per heavy atom. The molecule has 2 unspecified atom stereocenters. The smallest absolute Gasteiger partial charge is 0.130 e. The summed E-state index contributed by atoms with van der Waals surface area (Å²) >= 11 is 0. The Morgan fingerprint density at radius 1 is 1.32 bits per heavy atom. The van der Waals surface area contributed by atoms with Crippen LogP contribution < -0.4 is 5.73 Å². The van der Waals surface area contributed by atoms with Crippen molar-refractivity contribution in [3.8, 4) is 6.07 Å². The number of nitrogens with zero attached hydrogens (tertiary/aromatic N) is 1. The van der Waals surface area contributed by atoms with Crippen LogP contribution in [0.5, 0.6) is 0 Å². The van der Waals surface area contributed by atoms with Crippen molar-refractivity contribution in [3.63, 3.8) is 0 Å². The van der Waals surface area contributed by atoms with Crippen LogP contribution in [0.25, 0.3) is 0 Å². The van der Waals surface area contributed by atoms with Crippen molar-refractivity contribution >= 4 is 0 Å². The number of fused-ring (bicyclic) bond motifs is 1. The third-order valence-electron chi connectivity index (χ3n) is 4.35. The lowest BCUT2D eigenvalue weighted by Gasteiger charge is -2.29. The van der Waals surface area contributed by atoms with Crippen molar-refractivity contribution in [2.45, 2.75) is 43.7 Å². The summed E-state index contributed by atoms with van der Waals surface area (Å²) in [6, 6.07) is 10.7. The van der Waals surface area contributed by atoms with Crippen LogP contribution in [0.2, 0.25) is 0 Å². The molecular formula is C16H20N2O. The quantitative estimate of drug-likeness (QED) is 0.901. The Hall–Kier alpha value is -1.37. The van der Waals surface area contributed by atoms with Gasteiger partial charge in [-0.1, -0.05) is 24.3 Å². The molecule has 0 spiro atoms. The number of nitrogens with two attached hydrogens (primary N) is 1. The van der Waals surface area contributed by atoms with Gasteiger partial charge < -0.3 is 10.5 Å². The molecule has 3 rings (SSSR count). The first-order valence-corrected chi connectivity index (χ1v) is 7.12. The highest BCUT2D eigenvalue weighted by Gasteiger charge is 2.43. The molecule has 3 nitrogen and oxygen atoms in total. The molecule has 2 aliphatic rings. The first kappa shape index (κ1) is 12.7. The standard InChI is InChI=1S/C16H20N2O/c17-10-16(18,13-8-9-13)11-19-15-7-3-5-12-4-1-2-6-14(12)15/h1-2,4,6,13,15H,3,5,7-9,11,18H2. The Kier molecular flexibility index (Phi) is 3.30. The van der Waals surface area contributed by atoms with Gasteiger partial charge in [0.15, 0.2) is 0 Å². The highest BCUT2D eigenvalue weighted by molar-refractivity contribution is 5.31. The lowest BCUT2D eigenvalue weighted by molar-refractivity contribution is 0.0161. The first-order chi connectivity index (χ1) is 9.23. The number of nitriles is 1. The zero-order chi connectivity index (χ0) is 13.3. The summed E-state index contributed by atoms with van der Waals surface area (Å²) in [6.45, 7) is 0.354. The van der Waals surface area contributed by atoms with Gasteiger partial charge in [0.05, 0.1) is 18.8 Å². The Bertz CT molecular complexity index is 504. The molecule has 2 atom stereocenters. The Labute approximate surface area is 114 Å². The van der Waals surface area contributed by atoms with Gasteiger partial charge in [0, 0.05) is 0 Å². The molecule has 1 aromatic rings. The van der Waals surface area contributed by atoms with Crippen LogP contribution in [-0.2, 0) is 11.2 Å². The number of hydrogen-bond donors (Lipinski definition) is 1. The van der Waals surface area contributed by atoms with Crippen LogP contribution >= 0.6 is 0 Å². The normalized spacial score (nSPS) is 25.2. The highest BCUT2D eigenvalue weighted by atomic mass is 16.5. The van der Waals surface area contributed by atoms with Gasteiger partial charge in [0.2, 0.25) is 0 Å². The van der Waals surface area contributed by atoms with Crippen molar-refractivity contribution in [1.82, 2.24) is 0 Å². The number of ether oxygens (including phenoxy) is 1. The first-order valence-electron chi connectivity index (χ1n) is 7.12. The highest BCUT2D eigenvalue weighted by Crippen LogP contribution is 2.40. The van der Waals surface area contributed by atoms with Crippen LogP contribution in [0.4, 0.5) is 0 Å². The molecule has 0 aliphatic heterocycles. The molecule has 0 amide bonds. The molecule has 3 heteroatoms.